The minimum absolute atomic E-state index is 0.0639. The summed E-state index contributed by atoms with van der Waals surface area (Å²) in [5.41, 5.74) is 0.821. The molecule has 0 atom stereocenters. The molecular formula is C22H13N3O6S2. The molecule has 3 aromatic carbocycles. The Morgan fingerprint density at radius 3 is 2.52 bits per heavy atom. The zero-order valence-electron chi connectivity index (χ0n) is 16.6. The van der Waals surface area contributed by atoms with Crippen LogP contribution in [0.4, 0.5) is 5.69 Å². The van der Waals surface area contributed by atoms with Gasteiger partial charge in [0.1, 0.15) is 5.75 Å². The number of aromatic nitrogens is 2. The Kier molecular flexibility index (Phi) is 4.91. The normalized spacial score (nSPS) is 12.4. The second-order valence-corrected chi connectivity index (χ2v) is 9.46. The molecule has 0 radical (unpaired) electrons. The van der Waals surface area contributed by atoms with Crippen LogP contribution < -0.4 is 14.3 Å². The van der Waals surface area contributed by atoms with Crippen LogP contribution in [0.2, 0.25) is 0 Å². The fraction of sp³-hybridized carbons (Fsp3) is 0. The zero-order valence-corrected chi connectivity index (χ0v) is 18.2. The second-order valence-electron chi connectivity index (χ2n) is 6.93. The van der Waals surface area contributed by atoms with E-state index in [9.17, 15) is 23.3 Å². The summed E-state index contributed by atoms with van der Waals surface area (Å²) in [5.74, 6) is -0.0639. The lowest BCUT2D eigenvalue weighted by atomic mass is 10.2. The van der Waals surface area contributed by atoms with E-state index in [1.807, 2.05) is 18.2 Å². The molecule has 0 fully saturated rings. The number of nitrogens with zero attached hydrogens (tertiary/aromatic N) is 3. The molecule has 33 heavy (non-hydrogen) atoms. The maximum absolute atomic E-state index is 13.0. The van der Waals surface area contributed by atoms with Crippen molar-refractivity contribution in [1.82, 2.24) is 9.38 Å². The molecule has 2 heterocycles. The number of nitro benzene ring substituents is 1. The van der Waals surface area contributed by atoms with Crippen LogP contribution in [-0.4, -0.2) is 22.7 Å². The highest BCUT2D eigenvalue weighted by Crippen LogP contribution is 2.28. The van der Waals surface area contributed by atoms with Crippen LogP contribution in [-0.2, 0) is 10.1 Å². The molecule has 164 valence electrons. The van der Waals surface area contributed by atoms with Gasteiger partial charge in [-0.25, -0.2) is 9.38 Å². The molecule has 0 saturated heterocycles. The van der Waals surface area contributed by atoms with Crippen molar-refractivity contribution in [3.05, 3.63) is 103 Å². The van der Waals surface area contributed by atoms with E-state index in [1.165, 1.54) is 28.7 Å². The van der Waals surface area contributed by atoms with Crippen LogP contribution >= 0.6 is 11.3 Å². The number of rotatable bonds is 5. The Morgan fingerprint density at radius 2 is 1.70 bits per heavy atom. The lowest BCUT2D eigenvalue weighted by molar-refractivity contribution is -0.387. The third-order valence-electron chi connectivity index (χ3n) is 4.88. The van der Waals surface area contributed by atoms with Gasteiger partial charge in [-0.05, 0) is 30.3 Å². The van der Waals surface area contributed by atoms with Crippen molar-refractivity contribution >= 4 is 49.2 Å². The van der Waals surface area contributed by atoms with E-state index in [-0.39, 0.29) is 11.3 Å². The monoisotopic (exact) mass is 479 g/mol. The van der Waals surface area contributed by atoms with E-state index in [1.54, 1.807) is 24.3 Å². The molecule has 9 nitrogen and oxygen atoms in total. The second kappa shape index (κ2) is 7.80. The molecule has 5 aromatic rings. The predicted octanol–water partition coefficient (Wildman–Crippen LogP) is 3.13. The Morgan fingerprint density at radius 1 is 1.00 bits per heavy atom. The van der Waals surface area contributed by atoms with Crippen molar-refractivity contribution in [2.75, 3.05) is 0 Å². The van der Waals surface area contributed by atoms with Gasteiger partial charge in [-0.3, -0.25) is 14.9 Å². The molecule has 0 aliphatic heterocycles. The van der Waals surface area contributed by atoms with Crippen LogP contribution in [0, 0.1) is 10.1 Å². The summed E-state index contributed by atoms with van der Waals surface area (Å²) in [6, 6.07) is 18.4. The fourth-order valence-electron chi connectivity index (χ4n) is 3.41. The van der Waals surface area contributed by atoms with Gasteiger partial charge in [0.05, 0.1) is 20.5 Å². The van der Waals surface area contributed by atoms with E-state index >= 15 is 0 Å². The van der Waals surface area contributed by atoms with Crippen molar-refractivity contribution < 1.29 is 17.5 Å². The highest BCUT2D eigenvalue weighted by Gasteiger charge is 2.27. The highest BCUT2D eigenvalue weighted by atomic mass is 32.2. The zero-order chi connectivity index (χ0) is 23.2. The number of nitro groups is 1. The van der Waals surface area contributed by atoms with Crippen molar-refractivity contribution in [2.24, 2.45) is 0 Å². The molecule has 0 N–H and O–H groups in total. The molecule has 11 heteroatoms. The first-order valence-corrected chi connectivity index (χ1v) is 11.8. The topological polar surface area (TPSA) is 121 Å². The Balaban J connectivity index is 1.61. The number of para-hydroxylation sites is 4. The lowest BCUT2D eigenvalue weighted by Gasteiger charge is -2.09. The lowest BCUT2D eigenvalue weighted by Crippen LogP contribution is -2.22. The summed E-state index contributed by atoms with van der Waals surface area (Å²) in [6.45, 7) is 0. The summed E-state index contributed by atoms with van der Waals surface area (Å²) >= 11 is 1.16. The first kappa shape index (κ1) is 20.8. The summed E-state index contributed by atoms with van der Waals surface area (Å²) in [5, 5.41) is 11.3. The molecule has 0 spiro atoms. The molecule has 0 aliphatic rings. The fourth-order valence-corrected chi connectivity index (χ4v) is 5.51. The van der Waals surface area contributed by atoms with Crippen LogP contribution in [0.5, 0.6) is 5.75 Å². The number of fused-ring (bicyclic) bond motifs is 3. The molecule has 0 saturated carbocycles. The van der Waals surface area contributed by atoms with Gasteiger partial charge in [0.2, 0.25) is 0 Å². The number of imidazole rings is 1. The van der Waals surface area contributed by atoms with Gasteiger partial charge in [-0.2, -0.15) is 8.42 Å². The van der Waals surface area contributed by atoms with Crippen LogP contribution in [0.3, 0.4) is 0 Å². The van der Waals surface area contributed by atoms with Crippen molar-refractivity contribution in [3.8, 4) is 5.75 Å². The number of thiazole rings is 1. The number of hydrogen-bond acceptors (Lipinski definition) is 8. The summed E-state index contributed by atoms with van der Waals surface area (Å²) in [4.78, 5) is 27.9. The average molecular weight is 479 g/mol. The Labute approximate surface area is 190 Å². The van der Waals surface area contributed by atoms with E-state index < -0.39 is 25.6 Å². The van der Waals surface area contributed by atoms with E-state index in [0.717, 1.165) is 23.5 Å². The molecule has 0 bridgehead atoms. The summed E-state index contributed by atoms with van der Waals surface area (Å²) in [6.07, 6.45) is 1.51. The molecule has 5 rings (SSSR count). The Hall–Kier alpha value is -4.09. The van der Waals surface area contributed by atoms with Gasteiger partial charge >= 0.3 is 10.1 Å². The summed E-state index contributed by atoms with van der Waals surface area (Å²) in [7, 11) is -4.51. The number of benzene rings is 3. The van der Waals surface area contributed by atoms with Crippen molar-refractivity contribution in [2.45, 2.75) is 4.90 Å². The van der Waals surface area contributed by atoms with E-state index in [2.05, 4.69) is 4.98 Å². The van der Waals surface area contributed by atoms with Gasteiger partial charge < -0.3 is 4.18 Å². The third-order valence-corrected chi connectivity index (χ3v) is 7.13. The minimum Gasteiger partial charge on any atom is -0.378 e. The van der Waals surface area contributed by atoms with E-state index in [0.29, 0.717) is 26.1 Å². The largest absolute Gasteiger partial charge is 0.378 e. The van der Waals surface area contributed by atoms with Crippen LogP contribution in [0.1, 0.15) is 5.56 Å². The molecule has 2 aromatic heterocycles. The number of hydrogen-bond donors (Lipinski definition) is 0. The van der Waals surface area contributed by atoms with Gasteiger partial charge in [0, 0.05) is 11.6 Å². The smallest absolute Gasteiger partial charge is 0.346 e. The molecular weight excluding hydrogens is 466 g/mol. The van der Waals surface area contributed by atoms with Crippen LogP contribution in [0.15, 0.2) is 82.5 Å². The first-order chi connectivity index (χ1) is 15.8. The summed E-state index contributed by atoms with van der Waals surface area (Å²) < 4.78 is 32.8. The Bertz CT molecular complexity index is 1770. The molecule has 0 amide bonds. The highest BCUT2D eigenvalue weighted by molar-refractivity contribution is 7.87. The van der Waals surface area contributed by atoms with Crippen LogP contribution in [0.25, 0.3) is 22.1 Å². The third kappa shape index (κ3) is 3.62. The predicted molar refractivity (Wildman–Crippen MR) is 123 cm³/mol. The molecule has 0 aliphatic carbocycles. The molecule has 0 unspecified atom stereocenters. The van der Waals surface area contributed by atoms with Gasteiger partial charge in [-0.1, -0.05) is 53.8 Å². The first-order valence-electron chi connectivity index (χ1n) is 9.54. The SMILES string of the molecule is O=c1/c(=C\c2ccccc2OS(=O)(=O)c2ccccc2[N+](=O)[O-])sc2nc3ccccc3n12. The quantitative estimate of drug-likeness (QED) is 0.216. The van der Waals surface area contributed by atoms with E-state index in [4.69, 9.17) is 4.18 Å². The maximum atomic E-state index is 13.0. The standard InChI is InChI=1S/C22H13N3O6S2/c26-21-19(32-22-23-15-8-2-3-9-16(15)24(21)22)13-14-7-1-5-11-18(14)31-33(29,30)20-12-6-4-10-17(20)25(27)28/h1-13H/b19-13+. The maximum Gasteiger partial charge on any atom is 0.346 e. The van der Waals surface area contributed by atoms with Gasteiger partial charge in [-0.15, -0.1) is 0 Å². The van der Waals surface area contributed by atoms with Crippen molar-refractivity contribution in [1.29, 1.82) is 0 Å². The van der Waals surface area contributed by atoms with Crippen molar-refractivity contribution in [3.63, 3.8) is 0 Å². The van der Waals surface area contributed by atoms with Gasteiger partial charge in [0.15, 0.2) is 9.86 Å². The average Bonchev–Trinajstić information content (AvgIpc) is 3.31. The minimum atomic E-state index is -4.51. The van der Waals surface area contributed by atoms with Gasteiger partial charge in [0.25, 0.3) is 11.2 Å².